The molecule has 4 aromatic rings. The van der Waals surface area contributed by atoms with Crippen LogP contribution in [-0.2, 0) is 11.2 Å². The summed E-state index contributed by atoms with van der Waals surface area (Å²) >= 11 is 0. The van der Waals surface area contributed by atoms with Crippen molar-refractivity contribution in [1.82, 2.24) is 19.9 Å². The molecule has 0 saturated carbocycles. The summed E-state index contributed by atoms with van der Waals surface area (Å²) in [6, 6.07) is 15.4. The summed E-state index contributed by atoms with van der Waals surface area (Å²) in [7, 11) is 0. The zero-order chi connectivity index (χ0) is 17.2. The number of nitrogen functional groups attached to an aromatic ring is 1. The molecule has 2 heterocycles. The lowest BCUT2D eigenvalue weighted by Gasteiger charge is -2.06. The van der Waals surface area contributed by atoms with E-state index in [-0.39, 0.29) is 0 Å². The zero-order valence-electron chi connectivity index (χ0n) is 13.3. The number of para-hydroxylation sites is 2. The van der Waals surface area contributed by atoms with Crippen LogP contribution in [-0.4, -0.2) is 26.2 Å². The van der Waals surface area contributed by atoms with Crippen LogP contribution in [0.3, 0.4) is 0 Å². The van der Waals surface area contributed by atoms with Gasteiger partial charge in [0.2, 0.25) is 0 Å². The first-order chi connectivity index (χ1) is 12.2. The van der Waals surface area contributed by atoms with E-state index in [1.807, 2.05) is 48.5 Å². The smallest absolute Gasteiger partial charge is 0.161 e. The number of nitrogens with zero attached hydrogens (tertiary/aromatic N) is 3. The fraction of sp³-hybridized carbons (Fsp3) is 0.0526. The van der Waals surface area contributed by atoms with Gasteiger partial charge in [0.05, 0.1) is 22.9 Å². The van der Waals surface area contributed by atoms with E-state index < -0.39 is 0 Å². The Morgan fingerprint density at radius 3 is 2.60 bits per heavy atom. The lowest BCUT2D eigenvalue weighted by molar-refractivity contribution is -0.107. The number of rotatable bonds is 4. The first-order valence-corrected chi connectivity index (χ1v) is 7.85. The van der Waals surface area contributed by atoms with Gasteiger partial charge in [-0.25, -0.2) is 15.0 Å². The van der Waals surface area contributed by atoms with Gasteiger partial charge in [-0.1, -0.05) is 36.4 Å². The minimum absolute atomic E-state index is 0.320. The summed E-state index contributed by atoms with van der Waals surface area (Å²) < 4.78 is 0. The van der Waals surface area contributed by atoms with Gasteiger partial charge in [-0.2, -0.15) is 0 Å². The molecule has 0 bridgehead atoms. The van der Waals surface area contributed by atoms with Crippen LogP contribution in [0, 0.1) is 0 Å². The van der Waals surface area contributed by atoms with Gasteiger partial charge in [0.15, 0.2) is 11.6 Å². The molecule has 0 spiro atoms. The highest BCUT2D eigenvalue weighted by Gasteiger charge is 2.13. The summed E-state index contributed by atoms with van der Waals surface area (Å²) in [4.78, 5) is 27.3. The van der Waals surface area contributed by atoms with Gasteiger partial charge in [0, 0.05) is 12.0 Å². The summed E-state index contributed by atoms with van der Waals surface area (Å²) in [5.41, 5.74) is 10.9. The van der Waals surface area contributed by atoms with Gasteiger partial charge < -0.3 is 15.5 Å². The van der Waals surface area contributed by atoms with E-state index in [0.717, 1.165) is 28.4 Å². The molecule has 2 aromatic carbocycles. The zero-order valence-corrected chi connectivity index (χ0v) is 13.3. The predicted octanol–water partition coefficient (Wildman–Crippen LogP) is 3.01. The molecule has 0 amide bonds. The largest absolute Gasteiger partial charge is 0.382 e. The molecule has 0 radical (unpaired) electrons. The molecule has 25 heavy (non-hydrogen) atoms. The van der Waals surface area contributed by atoms with Crippen LogP contribution in [0.1, 0.15) is 5.56 Å². The number of nitrogens with one attached hydrogen (secondary N) is 1. The second-order valence-corrected chi connectivity index (χ2v) is 5.66. The number of aromatic amines is 1. The Bertz CT molecular complexity index is 1020. The lowest BCUT2D eigenvalue weighted by atomic mass is 10.1. The summed E-state index contributed by atoms with van der Waals surface area (Å²) in [6.07, 6.45) is 2.92. The van der Waals surface area contributed by atoms with E-state index in [2.05, 4.69) is 19.9 Å². The lowest BCUT2D eigenvalue weighted by Crippen LogP contribution is -2.00. The van der Waals surface area contributed by atoms with Crippen molar-refractivity contribution in [2.75, 3.05) is 5.73 Å². The Hall–Kier alpha value is -3.54. The third kappa shape index (κ3) is 2.85. The van der Waals surface area contributed by atoms with Gasteiger partial charge >= 0.3 is 0 Å². The number of carbonyl (C=O) groups excluding carboxylic acids is 1. The average Bonchev–Trinajstić information content (AvgIpc) is 3.07. The minimum Gasteiger partial charge on any atom is -0.382 e. The van der Waals surface area contributed by atoms with Crippen molar-refractivity contribution in [2.45, 2.75) is 6.42 Å². The number of aldehydes is 1. The highest BCUT2D eigenvalue weighted by molar-refractivity contribution is 5.81. The highest BCUT2D eigenvalue weighted by Crippen LogP contribution is 2.26. The maximum atomic E-state index is 10.6. The molecule has 0 unspecified atom stereocenters. The minimum atomic E-state index is 0.320. The third-order valence-corrected chi connectivity index (χ3v) is 3.98. The third-order valence-electron chi connectivity index (χ3n) is 3.98. The molecule has 3 N–H and O–H groups in total. The molecule has 0 fully saturated rings. The summed E-state index contributed by atoms with van der Waals surface area (Å²) in [5.74, 6) is 0.908. The Kier molecular flexibility index (Phi) is 3.70. The molecule has 0 aliphatic heterocycles. The molecule has 0 aliphatic carbocycles. The van der Waals surface area contributed by atoms with Crippen molar-refractivity contribution in [1.29, 1.82) is 0 Å². The van der Waals surface area contributed by atoms with Crippen molar-refractivity contribution in [3.8, 4) is 22.8 Å². The van der Waals surface area contributed by atoms with E-state index in [9.17, 15) is 4.79 Å². The van der Waals surface area contributed by atoms with Crippen molar-refractivity contribution < 1.29 is 4.79 Å². The fourth-order valence-corrected chi connectivity index (χ4v) is 2.68. The standard InChI is InChI=1S/C19H15N5O/c20-18-17(19-23-14-3-1-2-4-15(14)24-19)22-16(11-21-18)13-7-5-12(6-8-13)9-10-25/h1-8,10-11H,9H2,(H2,20,21)(H,23,24). The number of anilines is 1. The normalized spacial score (nSPS) is 10.9. The molecule has 0 atom stereocenters. The van der Waals surface area contributed by atoms with Crippen LogP contribution < -0.4 is 5.73 Å². The summed E-state index contributed by atoms with van der Waals surface area (Å²) in [5, 5.41) is 0. The topological polar surface area (TPSA) is 97.6 Å². The molecule has 4 rings (SSSR count). The number of fused-ring (bicyclic) bond motifs is 1. The van der Waals surface area contributed by atoms with Crippen molar-refractivity contribution >= 4 is 23.1 Å². The van der Waals surface area contributed by atoms with Crippen LogP contribution >= 0.6 is 0 Å². The van der Waals surface area contributed by atoms with Gasteiger partial charge in [0.25, 0.3) is 0 Å². The van der Waals surface area contributed by atoms with Gasteiger partial charge in [-0.15, -0.1) is 0 Å². The van der Waals surface area contributed by atoms with E-state index in [0.29, 0.717) is 29.5 Å². The van der Waals surface area contributed by atoms with E-state index >= 15 is 0 Å². The van der Waals surface area contributed by atoms with Crippen molar-refractivity contribution in [2.24, 2.45) is 0 Å². The number of nitrogens with two attached hydrogens (primary N) is 1. The molecule has 0 aliphatic rings. The number of aromatic nitrogens is 4. The SMILES string of the molecule is Nc1ncc(-c2ccc(CC=O)cc2)nc1-c1nc2ccccc2[nH]1. The van der Waals surface area contributed by atoms with Crippen molar-refractivity contribution in [3.63, 3.8) is 0 Å². The van der Waals surface area contributed by atoms with E-state index in [4.69, 9.17) is 5.73 Å². The van der Waals surface area contributed by atoms with Crippen LogP contribution in [0.4, 0.5) is 5.82 Å². The van der Waals surface area contributed by atoms with Crippen LogP contribution in [0.15, 0.2) is 54.7 Å². The Balaban J connectivity index is 1.76. The Morgan fingerprint density at radius 2 is 1.84 bits per heavy atom. The second kappa shape index (κ2) is 6.16. The Morgan fingerprint density at radius 1 is 1.04 bits per heavy atom. The van der Waals surface area contributed by atoms with Crippen LogP contribution in [0.5, 0.6) is 0 Å². The maximum Gasteiger partial charge on any atom is 0.161 e. The van der Waals surface area contributed by atoms with Gasteiger partial charge in [-0.3, -0.25) is 0 Å². The molecule has 6 nitrogen and oxygen atoms in total. The van der Waals surface area contributed by atoms with Crippen LogP contribution in [0.2, 0.25) is 0 Å². The fourth-order valence-electron chi connectivity index (χ4n) is 2.68. The first kappa shape index (κ1) is 15.0. The number of hydrogen-bond acceptors (Lipinski definition) is 5. The molecular formula is C19H15N5O. The maximum absolute atomic E-state index is 10.6. The van der Waals surface area contributed by atoms with Gasteiger partial charge in [0.1, 0.15) is 12.0 Å². The monoisotopic (exact) mass is 329 g/mol. The van der Waals surface area contributed by atoms with Crippen LogP contribution in [0.25, 0.3) is 33.8 Å². The number of H-pyrrole nitrogens is 1. The number of imidazole rings is 1. The Labute approximate surface area is 143 Å². The second-order valence-electron chi connectivity index (χ2n) is 5.66. The number of carbonyl (C=O) groups is 1. The molecule has 122 valence electrons. The number of hydrogen-bond donors (Lipinski definition) is 2. The predicted molar refractivity (Wildman–Crippen MR) is 96.7 cm³/mol. The van der Waals surface area contributed by atoms with Gasteiger partial charge in [-0.05, 0) is 17.7 Å². The van der Waals surface area contributed by atoms with E-state index in [1.165, 1.54) is 0 Å². The highest BCUT2D eigenvalue weighted by atomic mass is 16.1. The van der Waals surface area contributed by atoms with Crippen molar-refractivity contribution in [3.05, 3.63) is 60.3 Å². The quantitative estimate of drug-likeness (QED) is 0.561. The molecule has 0 saturated heterocycles. The molecule has 6 heteroatoms. The molecule has 2 aromatic heterocycles. The first-order valence-electron chi connectivity index (χ1n) is 7.85. The molecular weight excluding hydrogens is 314 g/mol. The van der Waals surface area contributed by atoms with E-state index in [1.54, 1.807) is 6.20 Å². The summed E-state index contributed by atoms with van der Waals surface area (Å²) in [6.45, 7) is 0. The number of benzene rings is 2. The average molecular weight is 329 g/mol.